The van der Waals surface area contributed by atoms with Gasteiger partial charge >= 0.3 is 0 Å². The molecule has 2 nitrogen and oxygen atoms in total. The van der Waals surface area contributed by atoms with Gasteiger partial charge in [-0.1, -0.05) is 5.57 Å². The highest BCUT2D eigenvalue weighted by atomic mass is 15.2. The lowest BCUT2D eigenvalue weighted by molar-refractivity contribution is 0.177. The van der Waals surface area contributed by atoms with Crippen LogP contribution in [0, 0.1) is 11.3 Å². The Balaban J connectivity index is 4.09. The first kappa shape index (κ1) is 13.2. The summed E-state index contributed by atoms with van der Waals surface area (Å²) in [4.78, 5) is 2.44. The molecule has 0 fully saturated rings. The number of nitrogens with zero attached hydrogens (tertiary/aromatic N) is 2. The molecule has 0 radical (unpaired) electrons. The minimum absolute atomic E-state index is 0.574. The largest absolute Gasteiger partial charge is 0.298 e. The molecule has 0 aliphatic heterocycles. The maximum atomic E-state index is 8.48. The SMILES string of the molecule is C/C(=C/C#N)CCN(C(C)C)C(C)C. The van der Waals surface area contributed by atoms with Gasteiger partial charge in [0.15, 0.2) is 0 Å². The first-order chi connectivity index (χ1) is 6.49. The second-order valence-electron chi connectivity index (χ2n) is 4.30. The molecular weight excluding hydrogens is 172 g/mol. The molecule has 0 bridgehead atoms. The van der Waals surface area contributed by atoms with Crippen molar-refractivity contribution in [2.24, 2.45) is 0 Å². The highest BCUT2D eigenvalue weighted by Crippen LogP contribution is 2.09. The molecule has 0 N–H and O–H groups in total. The molecule has 0 aromatic heterocycles. The zero-order chi connectivity index (χ0) is 11.1. The Kier molecular flexibility index (Phi) is 6.23. The highest BCUT2D eigenvalue weighted by Gasteiger charge is 2.12. The number of allylic oxidation sites excluding steroid dienone is 1. The van der Waals surface area contributed by atoms with Crippen LogP contribution < -0.4 is 0 Å². The standard InChI is InChI=1S/C12H22N2/c1-10(2)14(11(3)4)9-7-12(5)6-8-13/h6,10-11H,7,9H2,1-5H3/b12-6-. The maximum Gasteiger partial charge on any atom is 0.0911 e. The summed E-state index contributed by atoms with van der Waals surface area (Å²) in [7, 11) is 0. The Morgan fingerprint density at radius 1 is 1.29 bits per heavy atom. The van der Waals surface area contributed by atoms with Gasteiger partial charge in [-0.3, -0.25) is 4.90 Å². The van der Waals surface area contributed by atoms with E-state index in [0.29, 0.717) is 12.1 Å². The van der Waals surface area contributed by atoms with E-state index in [-0.39, 0.29) is 0 Å². The summed E-state index contributed by atoms with van der Waals surface area (Å²) in [5.74, 6) is 0. The lowest BCUT2D eigenvalue weighted by atomic mass is 10.1. The fraction of sp³-hybridized carbons (Fsp3) is 0.750. The highest BCUT2D eigenvalue weighted by molar-refractivity contribution is 5.11. The third-order valence-corrected chi connectivity index (χ3v) is 2.40. The molecule has 0 aliphatic carbocycles. The second kappa shape index (κ2) is 6.62. The molecule has 0 aromatic rings. The van der Waals surface area contributed by atoms with Gasteiger partial charge < -0.3 is 0 Å². The molecular formula is C12H22N2. The first-order valence-electron chi connectivity index (χ1n) is 5.30. The van der Waals surface area contributed by atoms with Gasteiger partial charge in [-0.2, -0.15) is 5.26 Å². The van der Waals surface area contributed by atoms with Crippen molar-refractivity contribution in [3.05, 3.63) is 11.6 Å². The summed E-state index contributed by atoms with van der Waals surface area (Å²) >= 11 is 0. The minimum Gasteiger partial charge on any atom is -0.298 e. The molecule has 2 heteroatoms. The Bertz CT molecular complexity index is 213. The van der Waals surface area contributed by atoms with E-state index >= 15 is 0 Å². The van der Waals surface area contributed by atoms with Crippen LogP contribution in [0.25, 0.3) is 0 Å². The van der Waals surface area contributed by atoms with Gasteiger partial charge in [-0.15, -0.1) is 0 Å². The van der Waals surface area contributed by atoms with Gasteiger partial charge in [0.1, 0.15) is 0 Å². The van der Waals surface area contributed by atoms with Crippen LogP contribution in [0.1, 0.15) is 41.0 Å². The van der Waals surface area contributed by atoms with E-state index in [0.717, 1.165) is 13.0 Å². The van der Waals surface area contributed by atoms with Crippen LogP contribution in [0.2, 0.25) is 0 Å². The topological polar surface area (TPSA) is 27.0 Å². The van der Waals surface area contributed by atoms with Gasteiger partial charge in [0, 0.05) is 24.7 Å². The van der Waals surface area contributed by atoms with Crippen molar-refractivity contribution >= 4 is 0 Å². The molecule has 0 aliphatic rings. The van der Waals surface area contributed by atoms with Crippen LogP contribution in [-0.4, -0.2) is 23.5 Å². The summed E-state index contributed by atoms with van der Waals surface area (Å²) in [6, 6.07) is 3.22. The van der Waals surface area contributed by atoms with Crippen molar-refractivity contribution in [3.63, 3.8) is 0 Å². The second-order valence-corrected chi connectivity index (χ2v) is 4.30. The molecule has 0 saturated carbocycles. The predicted octanol–water partition coefficient (Wildman–Crippen LogP) is 2.97. The van der Waals surface area contributed by atoms with Gasteiger partial charge in [-0.25, -0.2) is 0 Å². The van der Waals surface area contributed by atoms with Gasteiger partial charge in [-0.05, 0) is 41.0 Å². The quantitative estimate of drug-likeness (QED) is 0.629. The first-order valence-corrected chi connectivity index (χ1v) is 5.30. The minimum atomic E-state index is 0.574. The van der Waals surface area contributed by atoms with Crippen LogP contribution in [0.5, 0.6) is 0 Å². The van der Waals surface area contributed by atoms with Crippen molar-refractivity contribution in [1.82, 2.24) is 4.90 Å². The molecule has 0 aromatic carbocycles. The Morgan fingerprint density at radius 2 is 1.79 bits per heavy atom. The monoisotopic (exact) mass is 194 g/mol. The fourth-order valence-electron chi connectivity index (χ4n) is 1.60. The van der Waals surface area contributed by atoms with Crippen molar-refractivity contribution < 1.29 is 0 Å². The van der Waals surface area contributed by atoms with E-state index in [1.165, 1.54) is 5.57 Å². The molecule has 0 unspecified atom stereocenters. The molecule has 0 heterocycles. The van der Waals surface area contributed by atoms with Crippen molar-refractivity contribution in [2.75, 3.05) is 6.54 Å². The van der Waals surface area contributed by atoms with E-state index in [1.807, 2.05) is 6.92 Å². The fourth-order valence-corrected chi connectivity index (χ4v) is 1.60. The number of hydrogen-bond donors (Lipinski definition) is 0. The van der Waals surface area contributed by atoms with Crippen molar-refractivity contribution in [3.8, 4) is 6.07 Å². The average Bonchev–Trinajstić information content (AvgIpc) is 2.03. The van der Waals surface area contributed by atoms with Gasteiger partial charge in [0.2, 0.25) is 0 Å². The van der Waals surface area contributed by atoms with Crippen molar-refractivity contribution in [2.45, 2.75) is 53.1 Å². The molecule has 0 spiro atoms. The summed E-state index contributed by atoms with van der Waals surface area (Å²) in [5, 5.41) is 8.48. The summed E-state index contributed by atoms with van der Waals surface area (Å²) in [6.07, 6.45) is 2.63. The lowest BCUT2D eigenvalue weighted by Crippen LogP contribution is -2.37. The molecule has 80 valence electrons. The van der Waals surface area contributed by atoms with Crippen LogP contribution in [0.15, 0.2) is 11.6 Å². The molecule has 0 rings (SSSR count). The molecule has 0 amide bonds. The predicted molar refractivity (Wildman–Crippen MR) is 61.0 cm³/mol. The normalized spacial score (nSPS) is 12.6. The van der Waals surface area contributed by atoms with E-state index in [1.54, 1.807) is 6.08 Å². The number of hydrogen-bond acceptors (Lipinski definition) is 2. The molecule has 0 atom stereocenters. The zero-order valence-corrected chi connectivity index (χ0v) is 10.0. The average molecular weight is 194 g/mol. The zero-order valence-electron chi connectivity index (χ0n) is 10.0. The van der Waals surface area contributed by atoms with Crippen molar-refractivity contribution in [1.29, 1.82) is 5.26 Å². The number of nitriles is 1. The van der Waals surface area contributed by atoms with E-state index < -0.39 is 0 Å². The summed E-state index contributed by atoms with van der Waals surface area (Å²) < 4.78 is 0. The third kappa shape index (κ3) is 5.04. The van der Waals surface area contributed by atoms with Gasteiger partial charge in [0.05, 0.1) is 6.07 Å². The maximum absolute atomic E-state index is 8.48. The molecule has 0 saturated heterocycles. The summed E-state index contributed by atoms with van der Waals surface area (Å²) in [5.41, 5.74) is 1.17. The molecule has 14 heavy (non-hydrogen) atoms. The number of rotatable bonds is 5. The van der Waals surface area contributed by atoms with Crippen LogP contribution >= 0.6 is 0 Å². The van der Waals surface area contributed by atoms with Crippen LogP contribution in [-0.2, 0) is 0 Å². The third-order valence-electron chi connectivity index (χ3n) is 2.40. The van der Waals surface area contributed by atoms with Crippen LogP contribution in [0.3, 0.4) is 0 Å². The van der Waals surface area contributed by atoms with E-state index in [9.17, 15) is 0 Å². The van der Waals surface area contributed by atoms with E-state index in [2.05, 4.69) is 38.7 Å². The van der Waals surface area contributed by atoms with Gasteiger partial charge in [0.25, 0.3) is 0 Å². The summed E-state index contributed by atoms with van der Waals surface area (Å²) in [6.45, 7) is 11.9. The lowest BCUT2D eigenvalue weighted by Gasteiger charge is -2.30. The smallest absolute Gasteiger partial charge is 0.0911 e. The van der Waals surface area contributed by atoms with E-state index in [4.69, 9.17) is 5.26 Å². The Morgan fingerprint density at radius 3 is 2.14 bits per heavy atom. The Labute approximate surface area is 88.2 Å². The Hall–Kier alpha value is -0.810. The van der Waals surface area contributed by atoms with Crippen LogP contribution in [0.4, 0.5) is 0 Å².